The lowest BCUT2D eigenvalue weighted by atomic mass is 10.1. The van der Waals surface area contributed by atoms with E-state index in [1.807, 2.05) is 36.4 Å². The predicted molar refractivity (Wildman–Crippen MR) is 79.2 cm³/mol. The summed E-state index contributed by atoms with van der Waals surface area (Å²) in [4.78, 5) is 0. The van der Waals surface area contributed by atoms with Crippen molar-refractivity contribution in [2.45, 2.75) is 6.54 Å². The summed E-state index contributed by atoms with van der Waals surface area (Å²) in [6, 6.07) is 15.6. The van der Waals surface area contributed by atoms with E-state index in [1.165, 1.54) is 0 Å². The van der Waals surface area contributed by atoms with Gasteiger partial charge in [0.15, 0.2) is 0 Å². The molecule has 0 amide bonds. The van der Waals surface area contributed by atoms with Crippen molar-refractivity contribution >= 4 is 21.6 Å². The number of hydrogen-bond donors (Lipinski definition) is 1. The first-order valence-electron chi connectivity index (χ1n) is 5.79. The first-order valence-corrected chi connectivity index (χ1v) is 6.58. The molecule has 0 saturated carbocycles. The molecule has 0 radical (unpaired) electrons. The monoisotopic (exact) mass is 316 g/mol. The van der Waals surface area contributed by atoms with Crippen molar-refractivity contribution in [3.8, 4) is 11.8 Å². The first kappa shape index (κ1) is 13.4. The van der Waals surface area contributed by atoms with Gasteiger partial charge >= 0.3 is 0 Å². The summed E-state index contributed by atoms with van der Waals surface area (Å²) in [5.41, 5.74) is 2.59. The van der Waals surface area contributed by atoms with Gasteiger partial charge in [-0.2, -0.15) is 5.26 Å². The number of nitrogens with zero attached hydrogens (tertiary/aromatic N) is 1. The average molecular weight is 317 g/mol. The second-order valence-electron chi connectivity index (χ2n) is 4.00. The number of benzene rings is 2. The Hall–Kier alpha value is -1.99. The minimum absolute atomic E-state index is 0.636. The molecule has 96 valence electrons. The van der Waals surface area contributed by atoms with Crippen LogP contribution < -0.4 is 10.1 Å². The van der Waals surface area contributed by atoms with Crippen LogP contribution in [0.5, 0.6) is 5.75 Å². The molecular weight excluding hydrogens is 304 g/mol. The average Bonchev–Trinajstić information content (AvgIpc) is 2.46. The van der Waals surface area contributed by atoms with Crippen LogP contribution in [0.1, 0.15) is 11.1 Å². The van der Waals surface area contributed by atoms with Gasteiger partial charge in [-0.25, -0.2) is 0 Å². The molecule has 0 aromatic heterocycles. The highest BCUT2D eigenvalue weighted by Crippen LogP contribution is 2.21. The summed E-state index contributed by atoms with van der Waals surface area (Å²) in [5, 5.41) is 12.3. The van der Waals surface area contributed by atoms with E-state index in [4.69, 9.17) is 10.00 Å². The molecule has 4 heteroatoms. The third kappa shape index (κ3) is 3.49. The highest BCUT2D eigenvalue weighted by atomic mass is 79.9. The van der Waals surface area contributed by atoms with Gasteiger partial charge in [0.2, 0.25) is 0 Å². The smallest absolute Gasteiger partial charge is 0.118 e. The topological polar surface area (TPSA) is 45.0 Å². The highest BCUT2D eigenvalue weighted by molar-refractivity contribution is 9.10. The summed E-state index contributed by atoms with van der Waals surface area (Å²) < 4.78 is 6.06. The van der Waals surface area contributed by atoms with Gasteiger partial charge in [-0.3, -0.25) is 0 Å². The van der Waals surface area contributed by atoms with E-state index in [0.717, 1.165) is 21.5 Å². The number of rotatable bonds is 4. The van der Waals surface area contributed by atoms with Gasteiger partial charge in [-0.15, -0.1) is 0 Å². The van der Waals surface area contributed by atoms with E-state index in [1.54, 1.807) is 13.2 Å². The van der Waals surface area contributed by atoms with Crippen molar-refractivity contribution in [1.82, 2.24) is 0 Å². The fourth-order valence-electron chi connectivity index (χ4n) is 1.70. The van der Waals surface area contributed by atoms with Crippen molar-refractivity contribution in [1.29, 1.82) is 5.26 Å². The Kier molecular flexibility index (Phi) is 4.43. The molecule has 1 N–H and O–H groups in total. The molecule has 19 heavy (non-hydrogen) atoms. The molecule has 0 atom stereocenters. The molecule has 0 bridgehead atoms. The minimum Gasteiger partial charge on any atom is -0.497 e. The van der Waals surface area contributed by atoms with Crippen molar-refractivity contribution < 1.29 is 4.74 Å². The quantitative estimate of drug-likeness (QED) is 0.929. The van der Waals surface area contributed by atoms with Crippen LogP contribution in [0.15, 0.2) is 46.9 Å². The molecule has 0 aliphatic heterocycles. The van der Waals surface area contributed by atoms with Gasteiger partial charge < -0.3 is 10.1 Å². The van der Waals surface area contributed by atoms with Crippen molar-refractivity contribution in [2.75, 3.05) is 12.4 Å². The van der Waals surface area contributed by atoms with Gasteiger partial charge in [-0.05, 0) is 35.9 Å². The first-order chi connectivity index (χ1) is 9.22. The Morgan fingerprint density at radius 2 is 1.95 bits per heavy atom. The summed E-state index contributed by atoms with van der Waals surface area (Å²) in [6.07, 6.45) is 0. The summed E-state index contributed by atoms with van der Waals surface area (Å²) >= 11 is 3.40. The lowest BCUT2D eigenvalue weighted by Gasteiger charge is -2.09. The maximum absolute atomic E-state index is 9.05. The van der Waals surface area contributed by atoms with Crippen LogP contribution in [-0.4, -0.2) is 7.11 Å². The number of anilines is 1. The maximum atomic E-state index is 9.05. The predicted octanol–water partition coefficient (Wildman–Crippen LogP) is 3.94. The fourth-order valence-corrected chi connectivity index (χ4v) is 2.06. The Balaban J connectivity index is 2.09. The molecule has 0 fully saturated rings. The van der Waals surface area contributed by atoms with Gasteiger partial charge in [0.1, 0.15) is 11.8 Å². The number of ether oxygens (including phenoxy) is 1. The van der Waals surface area contributed by atoms with E-state index < -0.39 is 0 Å². The Bertz CT molecular complexity index is 603. The van der Waals surface area contributed by atoms with Crippen LogP contribution in [-0.2, 0) is 6.54 Å². The molecule has 0 unspecified atom stereocenters. The zero-order valence-corrected chi connectivity index (χ0v) is 12.1. The number of nitrogens with one attached hydrogen (secondary N) is 1. The van der Waals surface area contributed by atoms with E-state index in [2.05, 4.69) is 27.3 Å². The number of halogens is 1. The zero-order chi connectivity index (χ0) is 13.7. The molecule has 2 aromatic carbocycles. The van der Waals surface area contributed by atoms with Crippen molar-refractivity contribution in [2.24, 2.45) is 0 Å². The number of nitriles is 1. The van der Waals surface area contributed by atoms with E-state index in [-0.39, 0.29) is 0 Å². The molecular formula is C15H13BrN2O. The van der Waals surface area contributed by atoms with Crippen LogP contribution in [0.2, 0.25) is 0 Å². The van der Waals surface area contributed by atoms with Crippen LogP contribution >= 0.6 is 15.9 Å². The normalized spacial score (nSPS) is 9.74. The zero-order valence-electron chi connectivity index (χ0n) is 10.5. The largest absolute Gasteiger partial charge is 0.497 e. The van der Waals surface area contributed by atoms with Crippen LogP contribution in [0, 0.1) is 11.3 Å². The Morgan fingerprint density at radius 1 is 1.21 bits per heavy atom. The Labute approximate surface area is 121 Å². The van der Waals surface area contributed by atoms with Gasteiger partial charge in [-0.1, -0.05) is 28.1 Å². The van der Waals surface area contributed by atoms with E-state index in [0.29, 0.717) is 12.1 Å². The van der Waals surface area contributed by atoms with Crippen LogP contribution in [0.25, 0.3) is 0 Å². The van der Waals surface area contributed by atoms with Gasteiger partial charge in [0.25, 0.3) is 0 Å². The minimum atomic E-state index is 0.636. The van der Waals surface area contributed by atoms with Crippen LogP contribution in [0.3, 0.4) is 0 Å². The van der Waals surface area contributed by atoms with Crippen molar-refractivity contribution in [3.05, 3.63) is 58.1 Å². The van der Waals surface area contributed by atoms with Crippen molar-refractivity contribution in [3.63, 3.8) is 0 Å². The number of methoxy groups -OCH3 is 1. The lowest BCUT2D eigenvalue weighted by Crippen LogP contribution is -2.01. The standard InChI is InChI=1S/C15H13BrN2O/c1-19-14-6-2-11(3-7-14)10-18-15-8-13(16)5-4-12(15)9-17/h2-8,18H,10H2,1H3. The third-order valence-electron chi connectivity index (χ3n) is 2.74. The second-order valence-corrected chi connectivity index (χ2v) is 4.92. The van der Waals surface area contributed by atoms with Gasteiger partial charge in [0, 0.05) is 11.0 Å². The van der Waals surface area contributed by atoms with E-state index in [9.17, 15) is 0 Å². The van der Waals surface area contributed by atoms with Crippen LogP contribution in [0.4, 0.5) is 5.69 Å². The summed E-state index contributed by atoms with van der Waals surface area (Å²) in [6.45, 7) is 0.662. The molecule has 0 heterocycles. The second kappa shape index (κ2) is 6.26. The molecule has 2 rings (SSSR count). The molecule has 0 aliphatic rings. The third-order valence-corrected chi connectivity index (χ3v) is 3.24. The summed E-state index contributed by atoms with van der Waals surface area (Å²) in [7, 11) is 1.65. The molecule has 0 saturated heterocycles. The fraction of sp³-hybridized carbons (Fsp3) is 0.133. The highest BCUT2D eigenvalue weighted by Gasteiger charge is 2.02. The number of hydrogen-bond acceptors (Lipinski definition) is 3. The molecule has 0 spiro atoms. The molecule has 2 aromatic rings. The maximum Gasteiger partial charge on any atom is 0.118 e. The van der Waals surface area contributed by atoms with Gasteiger partial charge in [0.05, 0.1) is 18.4 Å². The summed E-state index contributed by atoms with van der Waals surface area (Å²) in [5.74, 6) is 0.837. The van der Waals surface area contributed by atoms with E-state index >= 15 is 0 Å². The molecule has 3 nitrogen and oxygen atoms in total. The molecule has 0 aliphatic carbocycles. The Morgan fingerprint density at radius 3 is 2.58 bits per heavy atom. The SMILES string of the molecule is COc1ccc(CNc2cc(Br)ccc2C#N)cc1. The lowest BCUT2D eigenvalue weighted by molar-refractivity contribution is 0.414.